The van der Waals surface area contributed by atoms with E-state index in [1.165, 1.54) is 6.07 Å². The number of primary amides is 1. The van der Waals surface area contributed by atoms with Crippen molar-refractivity contribution < 1.29 is 18.0 Å². The van der Waals surface area contributed by atoms with E-state index in [4.69, 9.17) is 5.73 Å². The SMILES string of the molecule is NC(=O)CN1CCc2ccc(C(F)(F)F)cc2C1. The lowest BCUT2D eigenvalue weighted by Gasteiger charge is -2.28. The Bertz CT molecular complexity index is 471. The van der Waals surface area contributed by atoms with Crippen LogP contribution in [0.1, 0.15) is 16.7 Å². The minimum absolute atomic E-state index is 0.0791. The summed E-state index contributed by atoms with van der Waals surface area (Å²) in [5.74, 6) is -0.467. The van der Waals surface area contributed by atoms with Crippen molar-refractivity contribution in [3.63, 3.8) is 0 Å². The average molecular weight is 258 g/mol. The van der Waals surface area contributed by atoms with E-state index in [2.05, 4.69) is 0 Å². The summed E-state index contributed by atoms with van der Waals surface area (Å²) in [5, 5.41) is 0. The van der Waals surface area contributed by atoms with Gasteiger partial charge in [0.15, 0.2) is 0 Å². The van der Waals surface area contributed by atoms with Gasteiger partial charge in [-0.1, -0.05) is 6.07 Å². The molecule has 2 N–H and O–H groups in total. The maximum Gasteiger partial charge on any atom is 0.416 e. The number of carbonyl (C=O) groups is 1. The van der Waals surface area contributed by atoms with Gasteiger partial charge in [-0.2, -0.15) is 13.2 Å². The lowest BCUT2D eigenvalue weighted by atomic mass is 9.97. The molecule has 0 saturated heterocycles. The normalized spacial score (nSPS) is 16.4. The molecule has 0 spiro atoms. The Morgan fingerprint density at radius 1 is 1.33 bits per heavy atom. The Hall–Kier alpha value is -1.56. The van der Waals surface area contributed by atoms with Gasteiger partial charge < -0.3 is 5.73 Å². The monoisotopic (exact) mass is 258 g/mol. The molecule has 0 saturated carbocycles. The molecule has 1 heterocycles. The van der Waals surface area contributed by atoms with Crippen LogP contribution in [0.2, 0.25) is 0 Å². The third kappa shape index (κ3) is 2.81. The topological polar surface area (TPSA) is 46.3 Å². The van der Waals surface area contributed by atoms with Gasteiger partial charge in [-0.05, 0) is 29.7 Å². The molecule has 1 aliphatic heterocycles. The molecular weight excluding hydrogens is 245 g/mol. The largest absolute Gasteiger partial charge is 0.416 e. The van der Waals surface area contributed by atoms with Crippen LogP contribution in [0.4, 0.5) is 13.2 Å². The van der Waals surface area contributed by atoms with Crippen molar-refractivity contribution >= 4 is 5.91 Å². The lowest BCUT2D eigenvalue weighted by molar-refractivity contribution is -0.137. The van der Waals surface area contributed by atoms with Gasteiger partial charge >= 0.3 is 6.18 Å². The van der Waals surface area contributed by atoms with Gasteiger partial charge in [0.2, 0.25) is 5.91 Å². The highest BCUT2D eigenvalue weighted by atomic mass is 19.4. The minimum Gasteiger partial charge on any atom is -0.369 e. The zero-order chi connectivity index (χ0) is 13.3. The van der Waals surface area contributed by atoms with Gasteiger partial charge in [0.1, 0.15) is 0 Å². The first-order valence-electron chi connectivity index (χ1n) is 5.56. The number of amides is 1. The van der Waals surface area contributed by atoms with Crippen LogP contribution in [0.3, 0.4) is 0 Å². The van der Waals surface area contributed by atoms with Crippen LogP contribution in [-0.4, -0.2) is 23.9 Å². The second-order valence-corrected chi connectivity index (χ2v) is 4.41. The Morgan fingerprint density at radius 3 is 2.67 bits per heavy atom. The molecule has 6 heteroatoms. The van der Waals surface area contributed by atoms with E-state index in [0.29, 0.717) is 25.1 Å². The second-order valence-electron chi connectivity index (χ2n) is 4.41. The van der Waals surface area contributed by atoms with Crippen LogP contribution in [0, 0.1) is 0 Å². The van der Waals surface area contributed by atoms with Crippen LogP contribution in [-0.2, 0) is 23.9 Å². The van der Waals surface area contributed by atoms with Gasteiger partial charge in [0.05, 0.1) is 12.1 Å². The van der Waals surface area contributed by atoms with Crippen molar-refractivity contribution in [3.05, 3.63) is 34.9 Å². The Kier molecular flexibility index (Phi) is 3.30. The molecule has 0 aliphatic carbocycles. The number of nitrogens with two attached hydrogens (primary N) is 1. The summed E-state index contributed by atoms with van der Waals surface area (Å²) >= 11 is 0. The highest BCUT2D eigenvalue weighted by Crippen LogP contribution is 2.32. The van der Waals surface area contributed by atoms with Crippen molar-refractivity contribution in [2.24, 2.45) is 5.73 Å². The fourth-order valence-corrected chi connectivity index (χ4v) is 2.15. The Labute approximate surface area is 102 Å². The fourth-order valence-electron chi connectivity index (χ4n) is 2.15. The molecule has 2 rings (SSSR count). The Morgan fingerprint density at radius 2 is 2.06 bits per heavy atom. The number of benzene rings is 1. The molecule has 98 valence electrons. The minimum atomic E-state index is -4.33. The first kappa shape index (κ1) is 12.9. The predicted molar refractivity (Wildman–Crippen MR) is 59.6 cm³/mol. The molecule has 0 aromatic heterocycles. The first-order chi connectivity index (χ1) is 8.36. The van der Waals surface area contributed by atoms with Gasteiger partial charge in [0, 0.05) is 13.1 Å². The summed E-state index contributed by atoms with van der Waals surface area (Å²) in [4.78, 5) is 12.6. The van der Waals surface area contributed by atoms with E-state index in [9.17, 15) is 18.0 Å². The molecule has 0 atom stereocenters. The zero-order valence-corrected chi connectivity index (χ0v) is 9.63. The van der Waals surface area contributed by atoms with Gasteiger partial charge in [-0.25, -0.2) is 0 Å². The molecule has 0 bridgehead atoms. The summed E-state index contributed by atoms with van der Waals surface area (Å²) < 4.78 is 37.7. The molecule has 0 fully saturated rings. The number of rotatable bonds is 2. The summed E-state index contributed by atoms with van der Waals surface area (Å²) in [5.41, 5.74) is 5.96. The van der Waals surface area contributed by atoms with Gasteiger partial charge in [-0.15, -0.1) is 0 Å². The first-order valence-corrected chi connectivity index (χ1v) is 5.56. The van der Waals surface area contributed by atoms with Crippen LogP contribution in [0.15, 0.2) is 18.2 Å². The van der Waals surface area contributed by atoms with Crippen LogP contribution in [0.5, 0.6) is 0 Å². The molecule has 1 aliphatic rings. The highest BCUT2D eigenvalue weighted by molar-refractivity contribution is 5.75. The van der Waals surface area contributed by atoms with E-state index in [1.54, 1.807) is 4.90 Å². The molecule has 1 amide bonds. The fraction of sp³-hybridized carbons (Fsp3) is 0.417. The third-order valence-corrected chi connectivity index (χ3v) is 3.00. The number of fused-ring (bicyclic) bond motifs is 1. The summed E-state index contributed by atoms with van der Waals surface area (Å²) in [6, 6.07) is 3.77. The number of hydrogen-bond donors (Lipinski definition) is 1. The maximum absolute atomic E-state index is 12.6. The number of alkyl halides is 3. The molecule has 1 aromatic carbocycles. The predicted octanol–water partition coefficient (Wildman–Crippen LogP) is 1.55. The van der Waals surface area contributed by atoms with E-state index in [1.807, 2.05) is 0 Å². The van der Waals surface area contributed by atoms with E-state index in [0.717, 1.165) is 17.7 Å². The van der Waals surface area contributed by atoms with Crippen molar-refractivity contribution in [1.82, 2.24) is 4.90 Å². The summed E-state index contributed by atoms with van der Waals surface area (Å²) in [6.07, 6.45) is -3.69. The standard InChI is InChI=1S/C12H13F3N2O/c13-12(14,15)10-2-1-8-3-4-17(7-11(16)18)6-9(8)5-10/h1-2,5H,3-4,6-7H2,(H2,16,18). The van der Waals surface area contributed by atoms with Crippen molar-refractivity contribution in [2.75, 3.05) is 13.1 Å². The number of halogens is 3. The molecular formula is C12H13F3N2O. The summed E-state index contributed by atoms with van der Waals surface area (Å²) in [7, 11) is 0. The molecule has 0 radical (unpaired) electrons. The Balaban J connectivity index is 2.22. The van der Waals surface area contributed by atoms with E-state index in [-0.39, 0.29) is 6.54 Å². The molecule has 0 unspecified atom stereocenters. The van der Waals surface area contributed by atoms with Crippen molar-refractivity contribution in [2.45, 2.75) is 19.1 Å². The molecule has 3 nitrogen and oxygen atoms in total. The zero-order valence-electron chi connectivity index (χ0n) is 9.63. The summed E-state index contributed by atoms with van der Waals surface area (Å²) in [6.45, 7) is 1.05. The average Bonchev–Trinajstić information content (AvgIpc) is 2.26. The second kappa shape index (κ2) is 4.61. The third-order valence-electron chi connectivity index (χ3n) is 3.00. The van der Waals surface area contributed by atoms with Crippen molar-refractivity contribution in [3.8, 4) is 0 Å². The quantitative estimate of drug-likeness (QED) is 0.874. The highest BCUT2D eigenvalue weighted by Gasteiger charge is 2.31. The molecule has 18 heavy (non-hydrogen) atoms. The number of nitrogens with zero attached hydrogens (tertiary/aromatic N) is 1. The van der Waals surface area contributed by atoms with E-state index >= 15 is 0 Å². The van der Waals surface area contributed by atoms with Crippen LogP contribution in [0.25, 0.3) is 0 Å². The van der Waals surface area contributed by atoms with Gasteiger partial charge in [-0.3, -0.25) is 9.69 Å². The number of hydrogen-bond acceptors (Lipinski definition) is 2. The van der Waals surface area contributed by atoms with Crippen LogP contribution < -0.4 is 5.73 Å². The smallest absolute Gasteiger partial charge is 0.369 e. The lowest BCUT2D eigenvalue weighted by Crippen LogP contribution is -2.37. The van der Waals surface area contributed by atoms with E-state index < -0.39 is 17.6 Å². The van der Waals surface area contributed by atoms with Gasteiger partial charge in [0.25, 0.3) is 0 Å². The van der Waals surface area contributed by atoms with Crippen LogP contribution >= 0.6 is 0 Å². The van der Waals surface area contributed by atoms with Crippen molar-refractivity contribution in [1.29, 1.82) is 0 Å². The molecule has 1 aromatic rings. The number of carbonyl (C=O) groups excluding carboxylic acids is 1. The maximum atomic E-state index is 12.6.